The Balaban J connectivity index is 1.62. The van der Waals surface area contributed by atoms with Crippen LogP contribution in [0.1, 0.15) is 30.5 Å². The van der Waals surface area contributed by atoms with Crippen molar-refractivity contribution in [2.24, 2.45) is 0 Å². The van der Waals surface area contributed by atoms with Crippen molar-refractivity contribution in [1.82, 2.24) is 24.6 Å². The van der Waals surface area contributed by atoms with Crippen LogP contribution in [0.4, 0.5) is 5.82 Å². The Kier molecular flexibility index (Phi) is 4.09. The molecular formula is C18H21ClN6. The maximum Gasteiger partial charge on any atom is 0.226 e. The van der Waals surface area contributed by atoms with Gasteiger partial charge in [-0.2, -0.15) is 10.1 Å². The monoisotopic (exact) mass is 356 g/mol. The van der Waals surface area contributed by atoms with Crippen LogP contribution in [-0.2, 0) is 19.5 Å². The first-order chi connectivity index (χ1) is 12.0. The Morgan fingerprint density at radius 3 is 2.88 bits per heavy atom. The summed E-state index contributed by atoms with van der Waals surface area (Å²) in [6.45, 7) is 7.27. The Bertz CT molecular complexity index is 933. The van der Waals surface area contributed by atoms with Crippen LogP contribution in [0, 0.1) is 0 Å². The Hall–Kier alpha value is -2.18. The highest BCUT2D eigenvalue weighted by molar-refractivity contribution is 6.28. The van der Waals surface area contributed by atoms with E-state index in [-0.39, 0.29) is 5.28 Å². The summed E-state index contributed by atoms with van der Waals surface area (Å²) in [6.07, 6.45) is 2.78. The quantitative estimate of drug-likeness (QED) is 0.730. The maximum absolute atomic E-state index is 5.94. The van der Waals surface area contributed by atoms with E-state index in [9.17, 15) is 0 Å². The van der Waals surface area contributed by atoms with Gasteiger partial charge in [0.1, 0.15) is 5.82 Å². The normalized spacial score (nSPS) is 15.0. The van der Waals surface area contributed by atoms with E-state index in [4.69, 9.17) is 17.3 Å². The van der Waals surface area contributed by atoms with E-state index in [1.54, 1.807) is 6.20 Å². The zero-order valence-corrected chi connectivity index (χ0v) is 15.2. The molecule has 0 bridgehead atoms. The predicted octanol–water partition coefficient (Wildman–Crippen LogP) is 2.88. The third kappa shape index (κ3) is 3.07. The number of nitrogen functional groups attached to an aromatic ring is 1. The number of hydrogen-bond acceptors (Lipinski definition) is 5. The number of aromatic nitrogens is 4. The van der Waals surface area contributed by atoms with E-state index in [0.29, 0.717) is 24.1 Å². The highest BCUT2D eigenvalue weighted by Crippen LogP contribution is 2.24. The lowest BCUT2D eigenvalue weighted by Gasteiger charge is -2.32. The van der Waals surface area contributed by atoms with Crippen LogP contribution < -0.4 is 5.73 Å². The number of benzene rings is 1. The molecule has 0 amide bonds. The summed E-state index contributed by atoms with van der Waals surface area (Å²) in [4.78, 5) is 10.8. The fraction of sp³-hybridized carbons (Fsp3) is 0.389. The number of nitrogens with zero attached hydrogens (tertiary/aromatic N) is 5. The molecule has 3 heterocycles. The number of anilines is 1. The highest BCUT2D eigenvalue weighted by Gasteiger charge is 2.19. The second-order valence-corrected chi connectivity index (χ2v) is 7.17. The molecule has 3 aromatic rings. The molecule has 0 spiro atoms. The minimum atomic E-state index is 0.144. The summed E-state index contributed by atoms with van der Waals surface area (Å²) in [7, 11) is 0. The fourth-order valence-corrected chi connectivity index (χ4v) is 3.58. The number of fused-ring (bicyclic) bond motifs is 2. The Labute approximate surface area is 151 Å². The second kappa shape index (κ2) is 6.28. The van der Waals surface area contributed by atoms with E-state index in [2.05, 4.69) is 52.0 Å². The van der Waals surface area contributed by atoms with Gasteiger partial charge in [0.05, 0.1) is 18.1 Å². The number of nitrogens with two attached hydrogens (primary N) is 1. The molecule has 4 rings (SSSR count). The van der Waals surface area contributed by atoms with Gasteiger partial charge in [-0.25, -0.2) is 9.67 Å². The summed E-state index contributed by atoms with van der Waals surface area (Å²) in [5.74, 6) is 0.362. The smallest absolute Gasteiger partial charge is 0.226 e. The SMILES string of the molecule is CC(C)N1CCc2cc(Cn3ncc4c(N)nc(Cl)nc43)ccc2C1. The van der Waals surface area contributed by atoms with E-state index in [1.807, 2.05) is 4.68 Å². The van der Waals surface area contributed by atoms with Gasteiger partial charge in [0, 0.05) is 19.1 Å². The average molecular weight is 357 g/mol. The lowest BCUT2D eigenvalue weighted by Crippen LogP contribution is -2.35. The van der Waals surface area contributed by atoms with E-state index >= 15 is 0 Å². The third-order valence-corrected chi connectivity index (χ3v) is 5.04. The minimum absolute atomic E-state index is 0.144. The number of hydrogen-bond donors (Lipinski definition) is 1. The number of rotatable bonds is 3. The van der Waals surface area contributed by atoms with Crippen molar-refractivity contribution in [1.29, 1.82) is 0 Å². The topological polar surface area (TPSA) is 72.9 Å². The molecule has 0 saturated heterocycles. The number of halogens is 1. The molecule has 7 heteroatoms. The summed E-state index contributed by atoms with van der Waals surface area (Å²) in [6, 6.07) is 7.27. The molecule has 1 aliphatic heterocycles. The van der Waals surface area contributed by atoms with Crippen LogP contribution in [0.3, 0.4) is 0 Å². The van der Waals surface area contributed by atoms with Crippen molar-refractivity contribution in [3.8, 4) is 0 Å². The van der Waals surface area contributed by atoms with Crippen molar-refractivity contribution in [3.05, 3.63) is 46.4 Å². The second-order valence-electron chi connectivity index (χ2n) is 6.83. The molecule has 0 saturated carbocycles. The first kappa shape index (κ1) is 16.3. The van der Waals surface area contributed by atoms with E-state index in [1.165, 1.54) is 16.7 Å². The van der Waals surface area contributed by atoms with Gasteiger partial charge < -0.3 is 5.73 Å². The molecule has 0 fully saturated rings. The molecule has 2 N–H and O–H groups in total. The largest absolute Gasteiger partial charge is 0.383 e. The first-order valence-corrected chi connectivity index (χ1v) is 8.88. The first-order valence-electron chi connectivity index (χ1n) is 8.50. The highest BCUT2D eigenvalue weighted by atomic mass is 35.5. The van der Waals surface area contributed by atoms with Crippen LogP contribution in [0.5, 0.6) is 0 Å². The lowest BCUT2D eigenvalue weighted by molar-refractivity contribution is 0.203. The molecule has 0 radical (unpaired) electrons. The fourth-order valence-electron chi connectivity index (χ4n) is 3.41. The van der Waals surface area contributed by atoms with Crippen molar-refractivity contribution >= 4 is 28.5 Å². The van der Waals surface area contributed by atoms with Gasteiger partial charge in [-0.1, -0.05) is 18.2 Å². The minimum Gasteiger partial charge on any atom is -0.383 e. The third-order valence-electron chi connectivity index (χ3n) is 4.87. The Morgan fingerprint density at radius 1 is 1.24 bits per heavy atom. The summed E-state index contributed by atoms with van der Waals surface area (Å²) < 4.78 is 1.82. The van der Waals surface area contributed by atoms with Crippen molar-refractivity contribution in [2.45, 2.75) is 39.4 Å². The standard InChI is InChI=1S/C18H21ClN6/c1-11(2)24-6-5-13-7-12(3-4-14(13)10-24)9-25-17-15(8-21-25)16(20)22-18(19)23-17/h3-4,7-8,11H,5-6,9-10H2,1-2H3,(H2,20,22,23). The van der Waals surface area contributed by atoms with Crippen LogP contribution in [-0.4, -0.2) is 37.2 Å². The van der Waals surface area contributed by atoms with Crippen LogP contribution in [0.2, 0.25) is 5.28 Å². The van der Waals surface area contributed by atoms with Gasteiger partial charge in [0.25, 0.3) is 0 Å². The van der Waals surface area contributed by atoms with Gasteiger partial charge in [-0.3, -0.25) is 4.90 Å². The van der Waals surface area contributed by atoms with Crippen LogP contribution >= 0.6 is 11.6 Å². The molecule has 0 unspecified atom stereocenters. The zero-order valence-electron chi connectivity index (χ0n) is 14.4. The van der Waals surface area contributed by atoms with Gasteiger partial charge in [0.15, 0.2) is 5.65 Å². The van der Waals surface area contributed by atoms with Gasteiger partial charge in [-0.15, -0.1) is 0 Å². The van der Waals surface area contributed by atoms with Crippen LogP contribution in [0.25, 0.3) is 11.0 Å². The molecular weight excluding hydrogens is 336 g/mol. The van der Waals surface area contributed by atoms with E-state index in [0.717, 1.165) is 24.9 Å². The van der Waals surface area contributed by atoms with Gasteiger partial charge in [0.2, 0.25) is 5.28 Å². The molecule has 1 aromatic carbocycles. The summed E-state index contributed by atoms with van der Waals surface area (Å²) in [5, 5.41) is 5.28. The summed E-state index contributed by atoms with van der Waals surface area (Å²) >= 11 is 5.94. The van der Waals surface area contributed by atoms with Crippen molar-refractivity contribution in [3.63, 3.8) is 0 Å². The predicted molar refractivity (Wildman–Crippen MR) is 99.5 cm³/mol. The molecule has 130 valence electrons. The lowest BCUT2D eigenvalue weighted by atomic mass is 9.96. The van der Waals surface area contributed by atoms with Gasteiger partial charge >= 0.3 is 0 Å². The molecule has 0 aliphatic carbocycles. The van der Waals surface area contributed by atoms with E-state index < -0.39 is 0 Å². The Morgan fingerprint density at radius 2 is 2.08 bits per heavy atom. The van der Waals surface area contributed by atoms with Gasteiger partial charge in [-0.05, 0) is 48.6 Å². The molecule has 1 aliphatic rings. The average Bonchev–Trinajstić information content (AvgIpc) is 2.97. The van der Waals surface area contributed by atoms with Crippen LogP contribution in [0.15, 0.2) is 24.4 Å². The molecule has 0 atom stereocenters. The molecule has 2 aromatic heterocycles. The maximum atomic E-state index is 5.94. The zero-order chi connectivity index (χ0) is 17.6. The molecule has 25 heavy (non-hydrogen) atoms. The van der Waals surface area contributed by atoms with Crippen molar-refractivity contribution < 1.29 is 0 Å². The molecule has 6 nitrogen and oxygen atoms in total. The summed E-state index contributed by atoms with van der Waals surface area (Å²) in [5.41, 5.74) is 10.6. The van der Waals surface area contributed by atoms with Crippen molar-refractivity contribution in [2.75, 3.05) is 12.3 Å².